The molecule has 12 heteroatoms. The lowest BCUT2D eigenvalue weighted by molar-refractivity contribution is -0.194. The molecule has 0 aromatic heterocycles. The summed E-state index contributed by atoms with van der Waals surface area (Å²) in [6.07, 6.45) is 0.952. The first kappa shape index (κ1) is 26.7. The molecule has 37 heavy (non-hydrogen) atoms. The first-order valence-corrected chi connectivity index (χ1v) is 12.4. The van der Waals surface area contributed by atoms with E-state index >= 15 is 0 Å². The number of rotatable bonds is 7. The third-order valence-electron chi connectivity index (χ3n) is 7.52. The van der Waals surface area contributed by atoms with Gasteiger partial charge in [-0.25, -0.2) is 17.6 Å². The van der Waals surface area contributed by atoms with Crippen LogP contribution in [0.15, 0.2) is 18.2 Å². The minimum atomic E-state index is -3.20. The zero-order chi connectivity index (χ0) is 26.9. The van der Waals surface area contributed by atoms with Crippen LogP contribution in [0.4, 0.5) is 23.2 Å². The van der Waals surface area contributed by atoms with Crippen molar-refractivity contribution in [2.75, 3.05) is 11.9 Å². The molecular weight excluding hydrogens is 494 g/mol. The number of nitrogens with one attached hydrogen (secondary N) is 3. The highest BCUT2D eigenvalue weighted by molar-refractivity contribution is 5.92. The Labute approximate surface area is 211 Å². The van der Waals surface area contributed by atoms with Crippen molar-refractivity contribution in [2.24, 2.45) is 11.8 Å². The summed E-state index contributed by atoms with van der Waals surface area (Å²) in [6.45, 7) is 1.91. The molecule has 1 aromatic carbocycles. The van der Waals surface area contributed by atoms with Gasteiger partial charge in [-0.2, -0.15) is 5.26 Å². The number of anilines is 1. The van der Waals surface area contributed by atoms with Gasteiger partial charge >= 0.3 is 0 Å². The summed E-state index contributed by atoms with van der Waals surface area (Å²) in [6, 6.07) is -0.139. The second kappa shape index (κ2) is 10.6. The van der Waals surface area contributed by atoms with Crippen molar-refractivity contribution in [1.82, 2.24) is 15.5 Å². The van der Waals surface area contributed by atoms with E-state index in [9.17, 15) is 37.2 Å². The van der Waals surface area contributed by atoms with Crippen molar-refractivity contribution in [3.63, 3.8) is 0 Å². The standard InChI is InChI=1S/C25H29F4N5O3/c1-13(32-20-10-15(26)4-7-19(20)27)24(37)34-17-5-6-18(25(28,29)11-17)21(34)23(36)33-16(12-30)9-14-3-2-8-31-22(14)35/h4,7,10,13-14,16-18,21,32H,2-3,5-6,8-9,11H2,1H3,(H,31,35)(H,33,36)/t13-,14-,16-,17+,18+,21+/m1/s1. The van der Waals surface area contributed by atoms with Crippen LogP contribution in [0.2, 0.25) is 0 Å². The molecule has 3 aliphatic heterocycles. The summed E-state index contributed by atoms with van der Waals surface area (Å²) in [5.74, 6) is -8.52. The number of carbonyl (C=O) groups is 3. The highest BCUT2D eigenvalue weighted by Gasteiger charge is 2.60. The number of halogens is 4. The summed E-state index contributed by atoms with van der Waals surface area (Å²) < 4.78 is 57.5. The maximum atomic E-state index is 14.9. The molecule has 1 aromatic rings. The Morgan fingerprint density at radius 1 is 1.27 bits per heavy atom. The topological polar surface area (TPSA) is 114 Å². The summed E-state index contributed by atoms with van der Waals surface area (Å²) >= 11 is 0. The molecule has 8 nitrogen and oxygen atoms in total. The van der Waals surface area contributed by atoms with Crippen LogP contribution in [0.1, 0.15) is 45.4 Å². The molecule has 3 saturated heterocycles. The highest BCUT2D eigenvalue weighted by Crippen LogP contribution is 2.49. The lowest BCUT2D eigenvalue weighted by atomic mass is 9.71. The van der Waals surface area contributed by atoms with Crippen LogP contribution in [-0.4, -0.2) is 59.3 Å². The molecule has 0 spiro atoms. The lowest BCUT2D eigenvalue weighted by Gasteiger charge is -2.54. The summed E-state index contributed by atoms with van der Waals surface area (Å²) in [5, 5.41) is 17.4. The zero-order valence-electron chi connectivity index (χ0n) is 20.3. The van der Waals surface area contributed by atoms with E-state index in [1.807, 2.05) is 6.07 Å². The van der Waals surface area contributed by atoms with E-state index in [1.165, 1.54) is 6.92 Å². The number of hydrogen-bond donors (Lipinski definition) is 3. The van der Waals surface area contributed by atoms with Crippen LogP contribution in [0.25, 0.3) is 0 Å². The molecule has 5 rings (SSSR count). The second-order valence-electron chi connectivity index (χ2n) is 10.0. The van der Waals surface area contributed by atoms with Crippen molar-refractivity contribution in [2.45, 2.75) is 75.5 Å². The molecular formula is C25H29F4N5O3. The average Bonchev–Trinajstić information content (AvgIpc) is 2.85. The van der Waals surface area contributed by atoms with Crippen LogP contribution in [-0.2, 0) is 14.4 Å². The molecule has 3 heterocycles. The van der Waals surface area contributed by atoms with Crippen LogP contribution < -0.4 is 16.0 Å². The van der Waals surface area contributed by atoms with Crippen molar-refractivity contribution in [3.05, 3.63) is 29.8 Å². The number of alkyl halides is 2. The van der Waals surface area contributed by atoms with E-state index in [1.54, 1.807) is 0 Å². The van der Waals surface area contributed by atoms with Gasteiger partial charge < -0.3 is 20.9 Å². The van der Waals surface area contributed by atoms with E-state index in [0.717, 1.165) is 29.5 Å². The van der Waals surface area contributed by atoms with Crippen LogP contribution >= 0.6 is 0 Å². The number of benzene rings is 1. The van der Waals surface area contributed by atoms with Crippen LogP contribution in [0, 0.1) is 34.8 Å². The Balaban J connectivity index is 1.54. The number of amides is 3. The predicted octanol–water partition coefficient (Wildman–Crippen LogP) is 2.70. The molecule has 2 bridgehead atoms. The monoisotopic (exact) mass is 523 g/mol. The number of piperidine rings is 3. The fourth-order valence-electron chi connectivity index (χ4n) is 5.70. The Hall–Kier alpha value is -3.36. The van der Waals surface area contributed by atoms with Gasteiger partial charge in [-0.3, -0.25) is 14.4 Å². The van der Waals surface area contributed by atoms with Crippen molar-refractivity contribution >= 4 is 23.4 Å². The molecule has 1 saturated carbocycles. The Bertz CT molecular complexity index is 1110. The fraction of sp³-hybridized carbons (Fsp3) is 0.600. The molecule has 1 aliphatic carbocycles. The Morgan fingerprint density at radius 2 is 2.03 bits per heavy atom. The molecule has 200 valence electrons. The molecule has 3 N–H and O–H groups in total. The predicted molar refractivity (Wildman–Crippen MR) is 124 cm³/mol. The van der Waals surface area contributed by atoms with Crippen molar-refractivity contribution in [1.29, 1.82) is 5.26 Å². The third kappa shape index (κ3) is 5.50. The van der Waals surface area contributed by atoms with Crippen molar-refractivity contribution in [3.8, 4) is 6.07 Å². The zero-order valence-corrected chi connectivity index (χ0v) is 20.3. The van der Waals surface area contributed by atoms with E-state index in [4.69, 9.17) is 0 Å². The lowest BCUT2D eigenvalue weighted by Crippen LogP contribution is -2.70. The van der Waals surface area contributed by atoms with Gasteiger partial charge in [0.05, 0.1) is 17.7 Å². The van der Waals surface area contributed by atoms with Crippen molar-refractivity contribution < 1.29 is 31.9 Å². The number of carbonyl (C=O) groups excluding carboxylic acids is 3. The maximum Gasteiger partial charge on any atom is 0.255 e. The maximum absolute atomic E-state index is 14.9. The normalized spacial score (nSPS) is 28.0. The highest BCUT2D eigenvalue weighted by atomic mass is 19.3. The number of nitrogens with zero attached hydrogens (tertiary/aromatic N) is 2. The SMILES string of the molecule is C[C@@H](Nc1cc(F)ccc1F)C(=O)N1[C@H]2CC[C@@H]([C@H]1C(=O)N[C@@H](C#N)C[C@H]1CCCNC1=O)C(F)(F)C2. The van der Waals surface area contributed by atoms with Gasteiger partial charge in [0, 0.05) is 24.9 Å². The molecule has 0 unspecified atom stereocenters. The Morgan fingerprint density at radius 3 is 2.70 bits per heavy atom. The third-order valence-corrected chi connectivity index (χ3v) is 7.52. The van der Waals surface area contributed by atoms with Gasteiger partial charge in [-0.05, 0) is 57.2 Å². The number of hydrogen-bond acceptors (Lipinski definition) is 5. The molecule has 4 fully saturated rings. The van der Waals surface area contributed by atoms with Gasteiger partial charge in [0.2, 0.25) is 17.7 Å². The summed E-state index contributed by atoms with van der Waals surface area (Å²) in [7, 11) is 0. The van der Waals surface area contributed by atoms with Gasteiger partial charge in [0.1, 0.15) is 29.8 Å². The summed E-state index contributed by atoms with van der Waals surface area (Å²) in [5.41, 5.74) is -0.273. The average molecular weight is 524 g/mol. The first-order valence-electron chi connectivity index (χ1n) is 12.4. The molecule has 0 radical (unpaired) electrons. The minimum Gasteiger partial charge on any atom is -0.371 e. The number of nitriles is 1. The number of fused-ring (bicyclic) bond motifs is 3. The largest absolute Gasteiger partial charge is 0.371 e. The van der Waals surface area contributed by atoms with Gasteiger partial charge in [-0.1, -0.05) is 0 Å². The Kier molecular flexibility index (Phi) is 7.62. The quantitative estimate of drug-likeness (QED) is 0.476. The van der Waals surface area contributed by atoms with E-state index in [2.05, 4.69) is 16.0 Å². The molecule has 6 atom stereocenters. The fourth-order valence-corrected chi connectivity index (χ4v) is 5.70. The van der Waals surface area contributed by atoms with Gasteiger partial charge in [0.25, 0.3) is 5.92 Å². The van der Waals surface area contributed by atoms with Crippen LogP contribution in [0.5, 0.6) is 0 Å². The summed E-state index contributed by atoms with van der Waals surface area (Å²) in [4.78, 5) is 40.0. The van der Waals surface area contributed by atoms with E-state index < -0.39 is 71.8 Å². The minimum absolute atomic E-state index is 0.0160. The second-order valence-corrected chi connectivity index (χ2v) is 10.0. The van der Waals surface area contributed by atoms with Gasteiger partial charge in [0.15, 0.2) is 0 Å². The first-order chi connectivity index (χ1) is 17.5. The van der Waals surface area contributed by atoms with E-state index in [-0.39, 0.29) is 30.9 Å². The van der Waals surface area contributed by atoms with Gasteiger partial charge in [-0.15, -0.1) is 0 Å². The smallest absolute Gasteiger partial charge is 0.255 e. The van der Waals surface area contributed by atoms with E-state index in [0.29, 0.717) is 13.0 Å². The molecule has 3 amide bonds. The van der Waals surface area contributed by atoms with Crippen LogP contribution in [0.3, 0.4) is 0 Å². The molecule has 4 aliphatic rings.